The van der Waals surface area contributed by atoms with E-state index in [0.29, 0.717) is 12.4 Å². The molecule has 0 fully saturated rings. The molecular formula is C17H15N3O4. The highest BCUT2D eigenvalue weighted by atomic mass is 16.5. The molecule has 0 atom stereocenters. The molecule has 0 bridgehead atoms. The van der Waals surface area contributed by atoms with Crippen LogP contribution in [0.4, 0.5) is 0 Å². The molecular weight excluding hydrogens is 310 g/mol. The molecule has 3 aromatic rings. The van der Waals surface area contributed by atoms with Crippen molar-refractivity contribution in [1.82, 2.24) is 15.6 Å². The molecule has 3 rings (SSSR count). The van der Waals surface area contributed by atoms with E-state index < -0.39 is 5.91 Å². The van der Waals surface area contributed by atoms with Gasteiger partial charge in [0.25, 0.3) is 5.91 Å². The third-order valence-corrected chi connectivity index (χ3v) is 3.27. The SMILES string of the molecule is O=C(Cc1nc(-c2ccc(COc3ccccc3)cc2)no1)NO. The Balaban J connectivity index is 1.63. The third kappa shape index (κ3) is 3.96. The molecule has 0 saturated carbocycles. The van der Waals surface area contributed by atoms with Crippen molar-refractivity contribution in [2.45, 2.75) is 13.0 Å². The summed E-state index contributed by atoms with van der Waals surface area (Å²) in [5, 5.41) is 12.3. The fourth-order valence-electron chi connectivity index (χ4n) is 2.05. The first-order valence-electron chi connectivity index (χ1n) is 7.27. The molecule has 0 aliphatic heterocycles. The summed E-state index contributed by atoms with van der Waals surface area (Å²) < 4.78 is 10.6. The van der Waals surface area contributed by atoms with Gasteiger partial charge in [0.1, 0.15) is 18.8 Å². The molecule has 7 heteroatoms. The van der Waals surface area contributed by atoms with Gasteiger partial charge in [-0.05, 0) is 17.7 Å². The molecule has 0 unspecified atom stereocenters. The zero-order valence-corrected chi connectivity index (χ0v) is 12.7. The average molecular weight is 325 g/mol. The molecule has 0 aliphatic rings. The van der Waals surface area contributed by atoms with Gasteiger partial charge in [0, 0.05) is 5.56 Å². The van der Waals surface area contributed by atoms with Gasteiger partial charge in [-0.25, -0.2) is 5.48 Å². The summed E-state index contributed by atoms with van der Waals surface area (Å²) in [5.41, 5.74) is 3.28. The second kappa shape index (κ2) is 7.38. The third-order valence-electron chi connectivity index (χ3n) is 3.27. The monoisotopic (exact) mass is 325 g/mol. The first-order chi connectivity index (χ1) is 11.7. The van der Waals surface area contributed by atoms with Crippen LogP contribution in [0.2, 0.25) is 0 Å². The zero-order valence-electron chi connectivity index (χ0n) is 12.7. The Kier molecular flexibility index (Phi) is 4.83. The summed E-state index contributed by atoms with van der Waals surface area (Å²) in [5.74, 6) is 0.712. The topological polar surface area (TPSA) is 97.5 Å². The number of carbonyl (C=O) groups is 1. The number of nitrogens with zero attached hydrogens (tertiary/aromatic N) is 2. The van der Waals surface area contributed by atoms with Crippen molar-refractivity contribution >= 4 is 5.91 Å². The van der Waals surface area contributed by atoms with E-state index in [1.807, 2.05) is 54.6 Å². The number of amides is 1. The highest BCUT2D eigenvalue weighted by molar-refractivity contribution is 5.76. The number of carbonyl (C=O) groups excluding carboxylic acids is 1. The molecule has 1 amide bonds. The van der Waals surface area contributed by atoms with Gasteiger partial charge in [-0.2, -0.15) is 4.98 Å². The second-order valence-electron chi connectivity index (χ2n) is 5.02. The highest BCUT2D eigenvalue weighted by Gasteiger charge is 2.12. The van der Waals surface area contributed by atoms with E-state index in [0.717, 1.165) is 16.9 Å². The molecule has 0 spiro atoms. The minimum Gasteiger partial charge on any atom is -0.489 e. The van der Waals surface area contributed by atoms with Crippen molar-refractivity contribution < 1.29 is 19.3 Å². The summed E-state index contributed by atoms with van der Waals surface area (Å²) >= 11 is 0. The Morgan fingerprint density at radius 1 is 1.12 bits per heavy atom. The van der Waals surface area contributed by atoms with E-state index in [2.05, 4.69) is 10.1 Å². The normalized spacial score (nSPS) is 10.4. The van der Waals surface area contributed by atoms with Crippen molar-refractivity contribution in [3.05, 3.63) is 66.1 Å². The molecule has 0 aliphatic carbocycles. The standard InChI is InChI=1S/C17H15N3O4/c21-15(19-22)10-16-18-17(20-24-16)13-8-6-12(7-9-13)11-23-14-4-2-1-3-5-14/h1-9,22H,10-11H2,(H,19,21). The van der Waals surface area contributed by atoms with Crippen LogP contribution in [0.15, 0.2) is 59.1 Å². The van der Waals surface area contributed by atoms with Crippen LogP contribution in [0.1, 0.15) is 11.5 Å². The van der Waals surface area contributed by atoms with Crippen LogP contribution in [-0.2, 0) is 17.8 Å². The summed E-state index contributed by atoms with van der Waals surface area (Å²) in [4.78, 5) is 15.2. The Bertz CT molecular complexity index is 800. The molecule has 0 saturated heterocycles. The molecule has 122 valence electrons. The molecule has 7 nitrogen and oxygen atoms in total. The molecule has 1 heterocycles. The van der Waals surface area contributed by atoms with Gasteiger partial charge in [0.05, 0.1) is 0 Å². The lowest BCUT2D eigenvalue weighted by molar-refractivity contribution is -0.128. The van der Waals surface area contributed by atoms with Crippen LogP contribution in [0.3, 0.4) is 0 Å². The highest BCUT2D eigenvalue weighted by Crippen LogP contribution is 2.18. The van der Waals surface area contributed by atoms with Crippen molar-refractivity contribution in [2.24, 2.45) is 0 Å². The van der Waals surface area contributed by atoms with E-state index in [9.17, 15) is 4.79 Å². The minimum absolute atomic E-state index is 0.132. The number of nitrogens with one attached hydrogen (secondary N) is 1. The molecule has 2 N–H and O–H groups in total. The predicted molar refractivity (Wildman–Crippen MR) is 84.1 cm³/mol. The van der Waals surface area contributed by atoms with Crippen LogP contribution in [0.25, 0.3) is 11.4 Å². The minimum atomic E-state index is -0.612. The maximum absolute atomic E-state index is 11.1. The summed E-state index contributed by atoms with van der Waals surface area (Å²) in [7, 11) is 0. The maximum Gasteiger partial charge on any atom is 0.252 e. The van der Waals surface area contributed by atoms with Crippen molar-refractivity contribution in [3.8, 4) is 17.1 Å². The van der Waals surface area contributed by atoms with Gasteiger partial charge in [0.2, 0.25) is 11.7 Å². The number of benzene rings is 2. The van der Waals surface area contributed by atoms with E-state index in [-0.39, 0.29) is 12.3 Å². The Morgan fingerprint density at radius 3 is 2.58 bits per heavy atom. The van der Waals surface area contributed by atoms with E-state index in [1.54, 1.807) is 0 Å². The van der Waals surface area contributed by atoms with Crippen LogP contribution in [0.5, 0.6) is 5.75 Å². The predicted octanol–water partition coefficient (Wildman–Crippen LogP) is 2.36. The Morgan fingerprint density at radius 2 is 1.88 bits per heavy atom. The lowest BCUT2D eigenvalue weighted by atomic mass is 10.1. The first kappa shape index (κ1) is 15.7. The van der Waals surface area contributed by atoms with Crippen LogP contribution in [0, 0.1) is 0 Å². The number of hydrogen-bond acceptors (Lipinski definition) is 6. The number of hydroxylamine groups is 1. The number of ether oxygens (including phenoxy) is 1. The van der Waals surface area contributed by atoms with Crippen molar-refractivity contribution in [2.75, 3.05) is 0 Å². The number of hydrogen-bond donors (Lipinski definition) is 2. The first-order valence-corrected chi connectivity index (χ1v) is 7.27. The Hall–Kier alpha value is -3.19. The quantitative estimate of drug-likeness (QED) is 0.533. The van der Waals surface area contributed by atoms with E-state index in [1.165, 1.54) is 5.48 Å². The van der Waals surface area contributed by atoms with Gasteiger partial charge in [-0.15, -0.1) is 0 Å². The van der Waals surface area contributed by atoms with Crippen LogP contribution >= 0.6 is 0 Å². The fourth-order valence-corrected chi connectivity index (χ4v) is 2.05. The molecule has 24 heavy (non-hydrogen) atoms. The van der Waals surface area contributed by atoms with Crippen molar-refractivity contribution in [3.63, 3.8) is 0 Å². The number of rotatable bonds is 6. The fraction of sp³-hybridized carbons (Fsp3) is 0.118. The van der Waals surface area contributed by atoms with E-state index >= 15 is 0 Å². The van der Waals surface area contributed by atoms with Gasteiger partial charge >= 0.3 is 0 Å². The molecule has 1 aromatic heterocycles. The van der Waals surface area contributed by atoms with Crippen LogP contribution in [-0.4, -0.2) is 21.3 Å². The lowest BCUT2D eigenvalue weighted by Crippen LogP contribution is -2.20. The maximum atomic E-state index is 11.1. The summed E-state index contributed by atoms with van der Waals surface area (Å²) in [6.45, 7) is 0.457. The second-order valence-corrected chi connectivity index (χ2v) is 5.02. The smallest absolute Gasteiger partial charge is 0.252 e. The van der Waals surface area contributed by atoms with Gasteiger partial charge in [-0.1, -0.05) is 47.6 Å². The zero-order chi connectivity index (χ0) is 16.8. The van der Waals surface area contributed by atoms with Crippen molar-refractivity contribution in [1.29, 1.82) is 0 Å². The largest absolute Gasteiger partial charge is 0.489 e. The molecule has 2 aromatic carbocycles. The lowest BCUT2D eigenvalue weighted by Gasteiger charge is -2.06. The van der Waals surface area contributed by atoms with E-state index in [4.69, 9.17) is 14.5 Å². The van der Waals surface area contributed by atoms with Gasteiger partial charge in [0.15, 0.2) is 0 Å². The van der Waals surface area contributed by atoms with Gasteiger partial charge < -0.3 is 9.26 Å². The van der Waals surface area contributed by atoms with Gasteiger partial charge in [-0.3, -0.25) is 10.0 Å². The summed E-state index contributed by atoms with van der Waals surface area (Å²) in [6, 6.07) is 17.1. The number of para-hydroxylation sites is 1. The average Bonchev–Trinajstić information content (AvgIpc) is 3.09. The molecule has 0 radical (unpaired) electrons. The Labute approximate surface area is 137 Å². The van der Waals surface area contributed by atoms with Crippen LogP contribution < -0.4 is 10.2 Å². The number of aromatic nitrogens is 2. The summed E-state index contributed by atoms with van der Waals surface area (Å²) in [6.07, 6.45) is -0.174.